The molecule has 8 heteroatoms. The first-order chi connectivity index (χ1) is 12.5. The van der Waals surface area contributed by atoms with Crippen LogP contribution < -0.4 is 5.32 Å². The molecule has 0 aliphatic carbocycles. The van der Waals surface area contributed by atoms with Crippen LogP contribution in [0.3, 0.4) is 0 Å². The number of benzene rings is 2. The number of hydrogen-bond acceptors (Lipinski definition) is 4. The molecule has 138 valence electrons. The van der Waals surface area contributed by atoms with Crippen molar-refractivity contribution in [3.8, 4) is 0 Å². The Morgan fingerprint density at radius 3 is 2.46 bits per heavy atom. The first-order valence-electron chi connectivity index (χ1n) is 8.18. The zero-order valence-electron chi connectivity index (χ0n) is 14.0. The van der Waals surface area contributed by atoms with Gasteiger partial charge in [-0.25, -0.2) is 8.42 Å². The van der Waals surface area contributed by atoms with Crippen molar-refractivity contribution in [2.75, 3.05) is 26.3 Å². The Bertz CT molecular complexity index is 896. The van der Waals surface area contributed by atoms with Gasteiger partial charge in [-0.1, -0.05) is 41.9 Å². The molecule has 3 rings (SSSR count). The monoisotopic (exact) mass is 394 g/mol. The quantitative estimate of drug-likeness (QED) is 0.844. The third-order valence-corrected chi connectivity index (χ3v) is 6.45. The highest BCUT2D eigenvalue weighted by molar-refractivity contribution is 7.89. The molecule has 1 aliphatic heterocycles. The molecule has 0 spiro atoms. The Hall–Kier alpha value is -1.93. The molecule has 0 bridgehead atoms. The minimum absolute atomic E-state index is 0.0871. The van der Waals surface area contributed by atoms with E-state index in [-0.39, 0.29) is 17.3 Å². The molecule has 2 aromatic carbocycles. The van der Waals surface area contributed by atoms with Crippen LogP contribution in [0.4, 0.5) is 0 Å². The number of ether oxygens (including phenoxy) is 1. The van der Waals surface area contributed by atoms with Gasteiger partial charge in [-0.05, 0) is 23.8 Å². The molecule has 0 saturated carbocycles. The molecule has 1 N–H and O–H groups in total. The largest absolute Gasteiger partial charge is 0.379 e. The second kappa shape index (κ2) is 8.18. The van der Waals surface area contributed by atoms with Crippen molar-refractivity contribution in [3.05, 3.63) is 64.7 Å². The minimum Gasteiger partial charge on any atom is -0.379 e. The Morgan fingerprint density at radius 1 is 1.08 bits per heavy atom. The van der Waals surface area contributed by atoms with Crippen molar-refractivity contribution in [2.24, 2.45) is 0 Å². The second-order valence-electron chi connectivity index (χ2n) is 5.79. The van der Waals surface area contributed by atoms with Crippen molar-refractivity contribution in [1.29, 1.82) is 0 Å². The summed E-state index contributed by atoms with van der Waals surface area (Å²) in [4.78, 5) is 12.5. The summed E-state index contributed by atoms with van der Waals surface area (Å²) in [5.41, 5.74) is 0.877. The fourth-order valence-corrected chi connectivity index (χ4v) is 4.60. The first kappa shape index (κ1) is 18.8. The molecule has 0 radical (unpaired) electrons. The standard InChI is InChI=1S/C18H19ClN2O4S/c19-16-7-3-2-6-15(16)18(22)20-13-14-5-1-4-8-17(14)26(23,24)21-9-11-25-12-10-21/h1-8H,9-13H2,(H,20,22). The molecule has 1 fully saturated rings. The van der Waals surface area contributed by atoms with Crippen LogP contribution in [0.2, 0.25) is 5.02 Å². The van der Waals surface area contributed by atoms with Crippen LogP contribution in [-0.4, -0.2) is 44.9 Å². The number of rotatable bonds is 5. The van der Waals surface area contributed by atoms with Gasteiger partial charge in [-0.3, -0.25) is 4.79 Å². The van der Waals surface area contributed by atoms with Crippen LogP contribution in [0.25, 0.3) is 0 Å². The van der Waals surface area contributed by atoms with Gasteiger partial charge in [0, 0.05) is 19.6 Å². The Labute approximate surface area is 157 Å². The van der Waals surface area contributed by atoms with E-state index in [0.717, 1.165) is 0 Å². The third-order valence-electron chi connectivity index (χ3n) is 4.12. The van der Waals surface area contributed by atoms with Crippen LogP contribution in [0.5, 0.6) is 0 Å². The first-order valence-corrected chi connectivity index (χ1v) is 10.0. The van der Waals surface area contributed by atoms with Crippen molar-refractivity contribution in [3.63, 3.8) is 0 Å². The maximum Gasteiger partial charge on any atom is 0.253 e. The molecular formula is C18H19ClN2O4S. The van der Waals surface area contributed by atoms with Crippen molar-refractivity contribution in [2.45, 2.75) is 11.4 Å². The number of amides is 1. The summed E-state index contributed by atoms with van der Waals surface area (Å²) in [6.07, 6.45) is 0. The summed E-state index contributed by atoms with van der Waals surface area (Å²) in [5.74, 6) is -0.353. The topological polar surface area (TPSA) is 75.7 Å². The number of carbonyl (C=O) groups is 1. The number of carbonyl (C=O) groups excluding carboxylic acids is 1. The van der Waals surface area contributed by atoms with Crippen LogP contribution in [0.15, 0.2) is 53.4 Å². The molecule has 26 heavy (non-hydrogen) atoms. The van der Waals surface area contributed by atoms with E-state index in [1.165, 1.54) is 4.31 Å². The van der Waals surface area contributed by atoms with E-state index in [1.807, 2.05) is 0 Å². The normalized spacial score (nSPS) is 15.6. The zero-order chi connectivity index (χ0) is 18.6. The van der Waals surface area contributed by atoms with Crippen LogP contribution in [0, 0.1) is 0 Å². The molecule has 1 aliphatic rings. The van der Waals surface area contributed by atoms with Gasteiger partial charge in [0.05, 0.1) is 28.7 Å². The van der Waals surface area contributed by atoms with E-state index in [2.05, 4.69) is 5.32 Å². The van der Waals surface area contributed by atoms with Gasteiger partial charge in [-0.15, -0.1) is 0 Å². The Morgan fingerprint density at radius 2 is 1.73 bits per heavy atom. The average Bonchev–Trinajstić information content (AvgIpc) is 2.67. The highest BCUT2D eigenvalue weighted by atomic mass is 35.5. The zero-order valence-corrected chi connectivity index (χ0v) is 15.6. The summed E-state index contributed by atoms with van der Waals surface area (Å²) < 4.78 is 32.5. The maximum atomic E-state index is 12.9. The predicted octanol–water partition coefficient (Wildman–Crippen LogP) is 2.29. The van der Waals surface area contributed by atoms with Gasteiger partial charge in [0.2, 0.25) is 10.0 Å². The van der Waals surface area contributed by atoms with E-state index in [4.69, 9.17) is 16.3 Å². The lowest BCUT2D eigenvalue weighted by atomic mass is 10.2. The van der Waals surface area contributed by atoms with Crippen molar-refractivity contribution in [1.82, 2.24) is 9.62 Å². The number of nitrogens with one attached hydrogen (secondary N) is 1. The SMILES string of the molecule is O=C(NCc1ccccc1S(=O)(=O)N1CCOCC1)c1ccccc1Cl. The Kier molecular flexibility index (Phi) is 5.93. The molecule has 0 atom stereocenters. The summed E-state index contributed by atoms with van der Waals surface area (Å²) in [5, 5.41) is 3.09. The summed E-state index contributed by atoms with van der Waals surface area (Å²) >= 11 is 6.03. The third kappa shape index (κ3) is 4.07. The molecule has 6 nitrogen and oxygen atoms in total. The smallest absolute Gasteiger partial charge is 0.253 e. The lowest BCUT2D eigenvalue weighted by Crippen LogP contribution is -2.41. The van der Waals surface area contributed by atoms with Crippen molar-refractivity contribution >= 4 is 27.5 Å². The molecule has 1 amide bonds. The predicted molar refractivity (Wildman–Crippen MR) is 98.6 cm³/mol. The number of morpholine rings is 1. The van der Waals surface area contributed by atoms with Gasteiger partial charge in [0.1, 0.15) is 0 Å². The highest BCUT2D eigenvalue weighted by Crippen LogP contribution is 2.21. The Balaban J connectivity index is 1.79. The summed E-state index contributed by atoms with van der Waals surface area (Å²) in [6.45, 7) is 1.49. The highest BCUT2D eigenvalue weighted by Gasteiger charge is 2.28. The van der Waals surface area contributed by atoms with Gasteiger partial charge < -0.3 is 10.1 Å². The van der Waals surface area contributed by atoms with Gasteiger partial charge in [-0.2, -0.15) is 4.31 Å². The summed E-state index contributed by atoms with van der Waals surface area (Å²) in [7, 11) is -3.64. The number of halogens is 1. The fourth-order valence-electron chi connectivity index (χ4n) is 2.74. The molecule has 1 saturated heterocycles. The second-order valence-corrected chi connectivity index (χ2v) is 8.10. The number of nitrogens with zero attached hydrogens (tertiary/aromatic N) is 1. The van der Waals surface area contributed by atoms with E-state index in [9.17, 15) is 13.2 Å². The van der Waals surface area contributed by atoms with Crippen molar-refractivity contribution < 1.29 is 17.9 Å². The molecule has 2 aromatic rings. The number of sulfonamides is 1. The van der Waals surface area contributed by atoms with E-state index in [1.54, 1.807) is 48.5 Å². The van der Waals surface area contributed by atoms with Gasteiger partial charge in [0.15, 0.2) is 0 Å². The average molecular weight is 395 g/mol. The maximum absolute atomic E-state index is 12.9. The van der Waals surface area contributed by atoms with E-state index < -0.39 is 10.0 Å². The minimum atomic E-state index is -3.64. The van der Waals surface area contributed by atoms with Crippen LogP contribution in [-0.2, 0) is 21.3 Å². The van der Waals surface area contributed by atoms with Gasteiger partial charge in [0.25, 0.3) is 5.91 Å². The van der Waals surface area contributed by atoms with Gasteiger partial charge >= 0.3 is 0 Å². The van der Waals surface area contributed by atoms with E-state index >= 15 is 0 Å². The molecular weight excluding hydrogens is 376 g/mol. The van der Waals surface area contributed by atoms with Crippen LogP contribution >= 0.6 is 11.6 Å². The summed E-state index contributed by atoms with van der Waals surface area (Å²) in [6, 6.07) is 13.4. The van der Waals surface area contributed by atoms with E-state index in [0.29, 0.717) is 42.5 Å². The van der Waals surface area contributed by atoms with Crippen LogP contribution in [0.1, 0.15) is 15.9 Å². The lowest BCUT2D eigenvalue weighted by molar-refractivity contribution is 0.0730. The molecule has 1 heterocycles. The molecule has 0 unspecified atom stereocenters. The number of hydrogen-bond donors (Lipinski definition) is 1. The lowest BCUT2D eigenvalue weighted by Gasteiger charge is -2.27. The fraction of sp³-hybridized carbons (Fsp3) is 0.278. The molecule has 0 aromatic heterocycles.